The van der Waals surface area contributed by atoms with Crippen LogP contribution in [-0.2, 0) is 0 Å². The molecule has 1 fully saturated rings. The van der Waals surface area contributed by atoms with Gasteiger partial charge in [-0.15, -0.1) is 5.10 Å². The standard InChI is InChI=1S/C22H25FN4O2/c1-3-22(2)7-4-5-17(23)20(11-22)29-21-25-13-18(26-27-21)16-9-14-6-8-24-12-15(14)10-19(16)28/h6,8-10,12-13,17,20,28H,3-5,7,11H2,1-2H3/t17-,20-,22-/m1/s1. The van der Waals surface area contributed by atoms with Crippen LogP contribution in [0.25, 0.3) is 22.0 Å². The number of ether oxygens (including phenoxy) is 1. The molecule has 3 atom stereocenters. The molecule has 0 aliphatic heterocycles. The number of pyridine rings is 1. The zero-order chi connectivity index (χ0) is 20.4. The number of aromatic hydroxyl groups is 1. The molecule has 1 aromatic carbocycles. The number of hydrogen-bond acceptors (Lipinski definition) is 6. The van der Waals surface area contributed by atoms with Crippen LogP contribution < -0.4 is 4.74 Å². The normalized spacial score (nSPS) is 24.9. The summed E-state index contributed by atoms with van der Waals surface area (Å²) in [6.45, 7) is 4.32. The molecule has 0 radical (unpaired) electrons. The molecular weight excluding hydrogens is 371 g/mol. The summed E-state index contributed by atoms with van der Waals surface area (Å²) < 4.78 is 20.4. The predicted octanol–water partition coefficient (Wildman–Crippen LogP) is 4.87. The predicted molar refractivity (Wildman–Crippen MR) is 108 cm³/mol. The van der Waals surface area contributed by atoms with Crippen molar-refractivity contribution < 1.29 is 14.2 Å². The van der Waals surface area contributed by atoms with Crippen molar-refractivity contribution >= 4 is 10.8 Å². The summed E-state index contributed by atoms with van der Waals surface area (Å²) >= 11 is 0. The Morgan fingerprint density at radius 1 is 1.24 bits per heavy atom. The summed E-state index contributed by atoms with van der Waals surface area (Å²) in [5, 5.41) is 20.3. The summed E-state index contributed by atoms with van der Waals surface area (Å²) in [5.41, 5.74) is 1.00. The fourth-order valence-corrected chi connectivity index (χ4v) is 3.97. The molecule has 7 heteroatoms. The van der Waals surface area contributed by atoms with Crippen molar-refractivity contribution in [2.45, 2.75) is 58.2 Å². The molecule has 3 aromatic rings. The summed E-state index contributed by atoms with van der Waals surface area (Å²) in [6.07, 6.45) is 7.22. The van der Waals surface area contributed by atoms with Gasteiger partial charge in [-0.25, -0.2) is 9.37 Å². The maximum Gasteiger partial charge on any atom is 0.336 e. The Balaban J connectivity index is 1.56. The van der Waals surface area contributed by atoms with Crippen LogP contribution in [0.4, 0.5) is 4.39 Å². The molecule has 0 bridgehead atoms. The van der Waals surface area contributed by atoms with Gasteiger partial charge in [-0.1, -0.05) is 25.4 Å². The third-order valence-corrected chi connectivity index (χ3v) is 6.04. The summed E-state index contributed by atoms with van der Waals surface area (Å²) in [5.74, 6) is 0.0709. The van der Waals surface area contributed by atoms with Gasteiger partial charge < -0.3 is 9.84 Å². The van der Waals surface area contributed by atoms with Crippen LogP contribution >= 0.6 is 0 Å². The Morgan fingerprint density at radius 2 is 2.10 bits per heavy atom. The SMILES string of the molecule is CC[C@]1(C)CCC[C@@H](F)[C@H](Oc2ncc(-c3cc4ccncc4cc3O)nn2)C1. The number of alkyl halides is 1. The molecule has 1 N–H and O–H groups in total. The van der Waals surface area contributed by atoms with Gasteiger partial charge in [0, 0.05) is 23.3 Å². The van der Waals surface area contributed by atoms with Gasteiger partial charge in [-0.3, -0.25) is 4.98 Å². The second kappa shape index (κ2) is 7.89. The van der Waals surface area contributed by atoms with E-state index in [1.807, 2.05) is 12.1 Å². The van der Waals surface area contributed by atoms with Crippen molar-refractivity contribution in [2.24, 2.45) is 5.41 Å². The van der Waals surface area contributed by atoms with E-state index in [2.05, 4.69) is 34.0 Å². The van der Waals surface area contributed by atoms with Crippen molar-refractivity contribution in [2.75, 3.05) is 0 Å². The van der Waals surface area contributed by atoms with Gasteiger partial charge >= 0.3 is 6.01 Å². The zero-order valence-electron chi connectivity index (χ0n) is 16.7. The number of benzene rings is 1. The number of nitrogens with zero attached hydrogens (tertiary/aromatic N) is 4. The molecule has 29 heavy (non-hydrogen) atoms. The average molecular weight is 396 g/mol. The molecule has 0 amide bonds. The van der Waals surface area contributed by atoms with Crippen molar-refractivity contribution in [1.29, 1.82) is 0 Å². The number of rotatable bonds is 4. The lowest BCUT2D eigenvalue weighted by atomic mass is 9.79. The highest BCUT2D eigenvalue weighted by atomic mass is 19.1. The number of phenols is 1. The molecule has 2 heterocycles. The monoisotopic (exact) mass is 396 g/mol. The van der Waals surface area contributed by atoms with Crippen LogP contribution in [-0.4, -0.2) is 37.5 Å². The summed E-state index contributed by atoms with van der Waals surface area (Å²) in [7, 11) is 0. The van der Waals surface area contributed by atoms with Gasteiger partial charge in [0.05, 0.1) is 6.20 Å². The topological polar surface area (TPSA) is 81.0 Å². The minimum Gasteiger partial charge on any atom is -0.507 e. The first-order chi connectivity index (χ1) is 14.0. The summed E-state index contributed by atoms with van der Waals surface area (Å²) in [6, 6.07) is 5.36. The van der Waals surface area contributed by atoms with E-state index < -0.39 is 12.3 Å². The van der Waals surface area contributed by atoms with Crippen molar-refractivity contribution in [1.82, 2.24) is 20.2 Å². The Hall–Kier alpha value is -2.83. The lowest BCUT2D eigenvalue weighted by Crippen LogP contribution is -2.32. The Labute approximate surface area is 169 Å². The van der Waals surface area contributed by atoms with Crippen LogP contribution in [0.2, 0.25) is 0 Å². The van der Waals surface area contributed by atoms with E-state index in [-0.39, 0.29) is 17.2 Å². The van der Waals surface area contributed by atoms with Gasteiger partial charge in [0.15, 0.2) is 0 Å². The third kappa shape index (κ3) is 4.13. The van der Waals surface area contributed by atoms with Gasteiger partial charge in [0.1, 0.15) is 23.7 Å². The van der Waals surface area contributed by atoms with E-state index in [1.54, 1.807) is 18.5 Å². The second-order valence-corrected chi connectivity index (χ2v) is 8.15. The fraction of sp³-hybridized carbons (Fsp3) is 0.455. The van der Waals surface area contributed by atoms with Crippen LogP contribution in [0.5, 0.6) is 11.8 Å². The minimum atomic E-state index is -1.04. The number of fused-ring (bicyclic) bond motifs is 1. The molecule has 0 unspecified atom stereocenters. The molecule has 1 saturated carbocycles. The largest absolute Gasteiger partial charge is 0.507 e. The molecule has 2 aromatic heterocycles. The van der Waals surface area contributed by atoms with Crippen LogP contribution in [0.1, 0.15) is 46.0 Å². The lowest BCUT2D eigenvalue weighted by molar-refractivity contribution is 0.0574. The maximum atomic E-state index is 14.6. The molecule has 152 valence electrons. The Bertz CT molecular complexity index is 998. The Morgan fingerprint density at radius 3 is 2.86 bits per heavy atom. The van der Waals surface area contributed by atoms with E-state index >= 15 is 0 Å². The minimum absolute atomic E-state index is 0.0601. The Kier molecular flexibility index (Phi) is 5.30. The quantitative estimate of drug-likeness (QED) is 0.634. The smallest absolute Gasteiger partial charge is 0.336 e. The highest BCUT2D eigenvalue weighted by Gasteiger charge is 2.36. The summed E-state index contributed by atoms with van der Waals surface area (Å²) in [4.78, 5) is 8.28. The van der Waals surface area contributed by atoms with E-state index in [1.165, 1.54) is 6.20 Å². The fourth-order valence-electron chi connectivity index (χ4n) is 3.97. The zero-order valence-corrected chi connectivity index (χ0v) is 16.7. The average Bonchev–Trinajstić information content (AvgIpc) is 2.87. The van der Waals surface area contributed by atoms with Crippen molar-refractivity contribution in [3.05, 3.63) is 36.8 Å². The van der Waals surface area contributed by atoms with Crippen molar-refractivity contribution in [3.63, 3.8) is 0 Å². The van der Waals surface area contributed by atoms with Gasteiger partial charge in [-0.2, -0.15) is 0 Å². The number of hydrogen-bond donors (Lipinski definition) is 1. The molecule has 1 aliphatic carbocycles. The second-order valence-electron chi connectivity index (χ2n) is 8.15. The van der Waals surface area contributed by atoms with Crippen LogP contribution in [0.3, 0.4) is 0 Å². The van der Waals surface area contributed by atoms with E-state index in [9.17, 15) is 9.50 Å². The number of aromatic nitrogens is 4. The van der Waals surface area contributed by atoms with E-state index in [4.69, 9.17) is 4.74 Å². The first kappa shape index (κ1) is 19.5. The molecule has 0 spiro atoms. The molecule has 1 aliphatic rings. The first-order valence-electron chi connectivity index (χ1n) is 10.0. The van der Waals surface area contributed by atoms with Gasteiger partial charge in [0.2, 0.25) is 0 Å². The highest BCUT2D eigenvalue weighted by Crippen LogP contribution is 2.39. The lowest BCUT2D eigenvalue weighted by Gasteiger charge is -2.30. The van der Waals surface area contributed by atoms with Crippen molar-refractivity contribution in [3.8, 4) is 23.0 Å². The number of halogens is 1. The van der Waals surface area contributed by atoms with Crippen LogP contribution in [0.15, 0.2) is 36.8 Å². The van der Waals surface area contributed by atoms with Gasteiger partial charge in [-0.05, 0) is 54.7 Å². The van der Waals surface area contributed by atoms with E-state index in [0.29, 0.717) is 24.1 Å². The highest BCUT2D eigenvalue weighted by molar-refractivity contribution is 5.89. The molecule has 6 nitrogen and oxygen atoms in total. The molecular formula is C22H25FN4O2. The van der Waals surface area contributed by atoms with Crippen LogP contribution in [0, 0.1) is 5.41 Å². The van der Waals surface area contributed by atoms with Gasteiger partial charge in [0.25, 0.3) is 0 Å². The molecule has 0 saturated heterocycles. The maximum absolute atomic E-state index is 14.6. The third-order valence-electron chi connectivity index (χ3n) is 6.04. The first-order valence-corrected chi connectivity index (χ1v) is 10.0. The van der Waals surface area contributed by atoms with E-state index in [0.717, 1.165) is 30.0 Å². The number of phenolic OH excluding ortho intramolecular Hbond substituents is 1. The molecule has 4 rings (SSSR count).